The Morgan fingerprint density at radius 1 is 0.932 bits per heavy atom. The van der Waals surface area contributed by atoms with Crippen LogP contribution in [-0.4, -0.2) is 65.6 Å². The molecule has 4 rings (SSSR count). The van der Waals surface area contributed by atoms with E-state index >= 15 is 0 Å². The highest BCUT2D eigenvalue weighted by atomic mass is 28.4. The van der Waals surface area contributed by atoms with Crippen LogP contribution in [0.1, 0.15) is 60.8 Å². The zero-order valence-electron chi connectivity index (χ0n) is 27.6. The summed E-state index contributed by atoms with van der Waals surface area (Å²) < 4.78 is 37.6. The lowest BCUT2D eigenvalue weighted by Crippen LogP contribution is -2.68. The number of hydrogen-bond acceptors (Lipinski definition) is 6. The van der Waals surface area contributed by atoms with Crippen molar-refractivity contribution in [1.82, 2.24) is 0 Å². The first kappa shape index (κ1) is 34.5. The van der Waals surface area contributed by atoms with E-state index in [0.717, 1.165) is 12.8 Å². The van der Waals surface area contributed by atoms with Crippen LogP contribution >= 0.6 is 0 Å². The summed E-state index contributed by atoms with van der Waals surface area (Å²) in [5, 5.41) is 2.25. The van der Waals surface area contributed by atoms with E-state index in [1.54, 1.807) is 7.11 Å². The highest BCUT2D eigenvalue weighted by molar-refractivity contribution is 6.99. The maximum absolute atomic E-state index is 7.65. The number of rotatable bonds is 13. The molecule has 0 N–H and O–H groups in total. The Kier molecular flexibility index (Phi) is 12.8. The standard InChI is InChI=1S/C37H52O6Si/c1-28-23-24-39-31(25-28)21-22-34(40-27-38-7)35(19-14-20-36-41-29(2)26-30(3)42-36)43-44(37(4,5)6,32-15-10-8-11-16-32)33-17-12-9-13-18-33/h8-18,20-23,29-31,34-36H,19,24-27H2,1-7H3/b20-14+,22-21+/t29-,30-,31-,34+,35+/m1/s1. The zero-order valence-corrected chi connectivity index (χ0v) is 28.6. The molecule has 240 valence electrons. The van der Waals surface area contributed by atoms with Crippen molar-refractivity contribution in [3.8, 4) is 0 Å². The van der Waals surface area contributed by atoms with E-state index in [2.05, 4.69) is 127 Å². The Hall–Kier alpha value is -2.36. The normalized spacial score (nSPS) is 24.8. The highest BCUT2D eigenvalue weighted by Crippen LogP contribution is 2.38. The fourth-order valence-corrected chi connectivity index (χ4v) is 10.9. The van der Waals surface area contributed by atoms with Crippen LogP contribution in [0, 0.1) is 0 Å². The Balaban J connectivity index is 1.76. The minimum absolute atomic E-state index is 0.00952. The summed E-state index contributed by atoms with van der Waals surface area (Å²) in [5.41, 5.74) is 1.33. The first-order valence-corrected chi connectivity index (χ1v) is 17.9. The molecule has 2 heterocycles. The van der Waals surface area contributed by atoms with Gasteiger partial charge in [0.25, 0.3) is 8.32 Å². The van der Waals surface area contributed by atoms with E-state index in [0.29, 0.717) is 13.0 Å². The maximum Gasteiger partial charge on any atom is 0.261 e. The molecule has 44 heavy (non-hydrogen) atoms. The molecule has 2 aliphatic rings. The fourth-order valence-electron chi connectivity index (χ4n) is 6.21. The number of ether oxygens (including phenoxy) is 5. The van der Waals surface area contributed by atoms with Crippen LogP contribution in [0.2, 0.25) is 5.04 Å². The minimum Gasteiger partial charge on any atom is -0.401 e. The summed E-state index contributed by atoms with van der Waals surface area (Å²) in [4.78, 5) is 0. The van der Waals surface area contributed by atoms with Gasteiger partial charge in [0.1, 0.15) is 12.9 Å². The van der Waals surface area contributed by atoms with Crippen LogP contribution in [0.25, 0.3) is 0 Å². The van der Waals surface area contributed by atoms with Gasteiger partial charge in [-0.3, -0.25) is 0 Å². The summed E-state index contributed by atoms with van der Waals surface area (Å²) in [5.74, 6) is 0. The molecule has 2 aliphatic heterocycles. The first-order valence-electron chi connectivity index (χ1n) is 15.9. The Bertz CT molecular complexity index is 1170. The fraction of sp³-hybridized carbons (Fsp3) is 0.514. The monoisotopic (exact) mass is 620 g/mol. The molecule has 6 nitrogen and oxygen atoms in total. The molecule has 0 radical (unpaired) electrons. The lowest BCUT2D eigenvalue weighted by molar-refractivity contribution is -0.210. The van der Waals surface area contributed by atoms with Gasteiger partial charge in [-0.1, -0.05) is 111 Å². The van der Waals surface area contributed by atoms with Gasteiger partial charge in [0, 0.05) is 7.11 Å². The predicted molar refractivity (Wildman–Crippen MR) is 180 cm³/mol. The third-order valence-electron chi connectivity index (χ3n) is 8.33. The second-order valence-corrected chi connectivity index (χ2v) is 17.3. The third-order valence-corrected chi connectivity index (χ3v) is 13.4. The van der Waals surface area contributed by atoms with Crippen molar-refractivity contribution in [2.75, 3.05) is 20.5 Å². The topological polar surface area (TPSA) is 55.4 Å². The summed E-state index contributed by atoms with van der Waals surface area (Å²) in [6, 6.07) is 21.4. The van der Waals surface area contributed by atoms with Gasteiger partial charge in [-0.05, 0) is 61.5 Å². The second kappa shape index (κ2) is 16.3. The molecular weight excluding hydrogens is 568 g/mol. The number of methoxy groups -OCH3 is 1. The van der Waals surface area contributed by atoms with Crippen molar-refractivity contribution in [3.63, 3.8) is 0 Å². The van der Waals surface area contributed by atoms with Crippen molar-refractivity contribution < 1.29 is 28.1 Å². The Labute approximate surface area is 266 Å². The minimum atomic E-state index is -2.90. The van der Waals surface area contributed by atoms with Crippen molar-refractivity contribution >= 4 is 18.7 Å². The van der Waals surface area contributed by atoms with Crippen LogP contribution < -0.4 is 10.4 Å². The molecule has 1 fully saturated rings. The van der Waals surface area contributed by atoms with Crippen molar-refractivity contribution in [1.29, 1.82) is 0 Å². The van der Waals surface area contributed by atoms with Gasteiger partial charge < -0.3 is 28.1 Å². The van der Waals surface area contributed by atoms with Crippen molar-refractivity contribution in [2.24, 2.45) is 0 Å². The van der Waals surface area contributed by atoms with E-state index < -0.39 is 8.32 Å². The van der Waals surface area contributed by atoms with Crippen LogP contribution in [0.3, 0.4) is 0 Å². The summed E-state index contributed by atoms with van der Waals surface area (Å²) in [6.45, 7) is 14.0. The van der Waals surface area contributed by atoms with E-state index in [1.807, 2.05) is 6.08 Å². The van der Waals surface area contributed by atoms with E-state index in [9.17, 15) is 0 Å². The number of hydrogen-bond donors (Lipinski definition) is 0. The van der Waals surface area contributed by atoms with Gasteiger partial charge in [-0.15, -0.1) is 0 Å². The smallest absolute Gasteiger partial charge is 0.261 e. The molecule has 0 spiro atoms. The average Bonchev–Trinajstić information content (AvgIpc) is 2.99. The van der Waals surface area contributed by atoms with Crippen molar-refractivity contribution in [3.05, 3.63) is 96.6 Å². The molecule has 7 heteroatoms. The van der Waals surface area contributed by atoms with Crippen LogP contribution in [0.15, 0.2) is 96.6 Å². The quantitative estimate of drug-likeness (QED) is 0.141. The second-order valence-electron chi connectivity index (χ2n) is 13.0. The summed E-state index contributed by atoms with van der Waals surface area (Å²) >= 11 is 0. The van der Waals surface area contributed by atoms with Gasteiger partial charge in [-0.2, -0.15) is 0 Å². The summed E-state index contributed by atoms with van der Waals surface area (Å²) in [6.07, 6.45) is 12.0. The van der Waals surface area contributed by atoms with Gasteiger partial charge in [0.05, 0.1) is 31.0 Å². The van der Waals surface area contributed by atoms with E-state index in [1.165, 1.54) is 15.9 Å². The Morgan fingerprint density at radius 3 is 2.09 bits per heavy atom. The zero-order chi connectivity index (χ0) is 31.6. The van der Waals surface area contributed by atoms with Gasteiger partial charge in [0.2, 0.25) is 0 Å². The molecule has 2 aromatic carbocycles. The molecule has 0 amide bonds. The summed E-state index contributed by atoms with van der Waals surface area (Å²) in [7, 11) is -1.25. The van der Waals surface area contributed by atoms with Crippen molar-refractivity contribution in [2.45, 2.75) is 103 Å². The highest BCUT2D eigenvalue weighted by Gasteiger charge is 2.52. The lowest BCUT2D eigenvalue weighted by atomic mass is 10.0. The van der Waals surface area contributed by atoms with Crippen LogP contribution in [-0.2, 0) is 28.1 Å². The first-order chi connectivity index (χ1) is 21.1. The maximum atomic E-state index is 7.65. The molecule has 0 aliphatic carbocycles. The molecule has 2 aromatic rings. The SMILES string of the molecule is COCO[C@@H](/C=C/[C@@H]1CC(C)=CCO1)[C@H](C/C=C/C1O[C@H](C)C[C@@H](C)O1)O[Si](c1ccccc1)(c1ccccc1)C(C)(C)C. The van der Waals surface area contributed by atoms with Gasteiger partial charge in [-0.25, -0.2) is 0 Å². The predicted octanol–water partition coefficient (Wildman–Crippen LogP) is 6.70. The molecule has 0 aromatic heterocycles. The van der Waals surface area contributed by atoms with Gasteiger partial charge >= 0.3 is 0 Å². The molecule has 5 atom stereocenters. The molecule has 0 bridgehead atoms. The van der Waals surface area contributed by atoms with Crippen LogP contribution in [0.5, 0.6) is 0 Å². The molecule has 1 saturated heterocycles. The number of benzene rings is 2. The van der Waals surface area contributed by atoms with Gasteiger partial charge in [0.15, 0.2) is 6.29 Å². The van der Waals surface area contributed by atoms with Crippen LogP contribution in [0.4, 0.5) is 0 Å². The lowest BCUT2D eigenvalue weighted by Gasteiger charge is -2.46. The molecule has 0 unspecified atom stereocenters. The Morgan fingerprint density at radius 2 is 1.55 bits per heavy atom. The molecule has 0 saturated carbocycles. The molecular formula is C37H52O6Si. The van der Waals surface area contributed by atoms with E-state index in [4.69, 9.17) is 28.1 Å². The largest absolute Gasteiger partial charge is 0.401 e. The van der Waals surface area contributed by atoms with E-state index in [-0.39, 0.29) is 48.6 Å². The third kappa shape index (κ3) is 9.10. The average molecular weight is 621 g/mol.